The molecule has 4 rings (SSSR count). The number of nitrogens with one attached hydrogen (secondary N) is 1. The maximum atomic E-state index is 13.1. The summed E-state index contributed by atoms with van der Waals surface area (Å²) in [4.78, 5) is 26.7. The quantitative estimate of drug-likeness (QED) is 0.610. The van der Waals surface area contributed by atoms with Crippen molar-refractivity contribution in [3.63, 3.8) is 0 Å². The lowest BCUT2D eigenvalue weighted by atomic mass is 9.90. The number of halogens is 1. The molecule has 3 aromatic carbocycles. The molecule has 1 atom stereocenters. The number of hydrogen-bond donors (Lipinski definition) is 1. The Balaban J connectivity index is 1.56. The molecule has 3 aromatic rings. The van der Waals surface area contributed by atoms with Crippen LogP contribution >= 0.6 is 11.6 Å². The van der Waals surface area contributed by atoms with Crippen molar-refractivity contribution in [3.05, 3.63) is 77.3 Å². The van der Waals surface area contributed by atoms with Crippen LogP contribution in [0, 0.1) is 0 Å². The zero-order valence-electron chi connectivity index (χ0n) is 16.1. The van der Waals surface area contributed by atoms with Crippen LogP contribution in [-0.2, 0) is 20.2 Å². The Bertz CT molecular complexity index is 1260. The maximum absolute atomic E-state index is 13.1. The van der Waals surface area contributed by atoms with Gasteiger partial charge in [-0.25, -0.2) is 13.2 Å². The van der Waals surface area contributed by atoms with Gasteiger partial charge in [0.1, 0.15) is 5.54 Å². The van der Waals surface area contributed by atoms with E-state index in [0.717, 1.165) is 15.7 Å². The van der Waals surface area contributed by atoms with E-state index in [1.54, 1.807) is 13.0 Å². The minimum absolute atomic E-state index is 0.0937. The number of fused-ring (bicyclic) bond motifs is 1. The fourth-order valence-electron chi connectivity index (χ4n) is 3.57. The van der Waals surface area contributed by atoms with Crippen LogP contribution in [0.3, 0.4) is 0 Å². The first-order valence-corrected chi connectivity index (χ1v) is 11.4. The van der Waals surface area contributed by atoms with Gasteiger partial charge in [0.25, 0.3) is 5.91 Å². The van der Waals surface area contributed by atoms with E-state index in [0.29, 0.717) is 10.6 Å². The number of benzene rings is 3. The number of rotatable bonds is 5. The van der Waals surface area contributed by atoms with Gasteiger partial charge in [-0.1, -0.05) is 48.0 Å². The molecule has 8 heteroatoms. The average Bonchev–Trinajstić information content (AvgIpc) is 2.95. The van der Waals surface area contributed by atoms with Crippen molar-refractivity contribution >= 4 is 44.1 Å². The van der Waals surface area contributed by atoms with Crippen LogP contribution in [0.1, 0.15) is 12.5 Å². The average molecular weight is 443 g/mol. The molecule has 0 spiro atoms. The molecule has 3 amide bonds. The number of amides is 3. The second-order valence-corrected chi connectivity index (χ2v) is 9.89. The van der Waals surface area contributed by atoms with Gasteiger partial charge in [0.2, 0.25) is 0 Å². The molecule has 1 fully saturated rings. The molecule has 1 heterocycles. The lowest BCUT2D eigenvalue weighted by Crippen LogP contribution is -2.41. The monoisotopic (exact) mass is 442 g/mol. The lowest BCUT2D eigenvalue weighted by molar-refractivity contribution is -0.130. The van der Waals surface area contributed by atoms with Gasteiger partial charge < -0.3 is 5.32 Å². The fourth-order valence-corrected chi connectivity index (χ4v) is 4.90. The second-order valence-electron chi connectivity index (χ2n) is 7.35. The Morgan fingerprint density at radius 3 is 2.33 bits per heavy atom. The third kappa shape index (κ3) is 3.55. The number of hydrogen-bond acceptors (Lipinski definition) is 4. The fraction of sp³-hybridized carbons (Fsp3) is 0.182. The molecule has 6 nitrogen and oxygen atoms in total. The van der Waals surface area contributed by atoms with Crippen molar-refractivity contribution in [1.29, 1.82) is 0 Å². The number of carbonyl (C=O) groups is 2. The van der Waals surface area contributed by atoms with Crippen molar-refractivity contribution in [3.8, 4) is 0 Å². The molecule has 154 valence electrons. The molecule has 1 aliphatic heterocycles. The summed E-state index contributed by atoms with van der Waals surface area (Å²) in [5.74, 6) is -0.851. The summed E-state index contributed by atoms with van der Waals surface area (Å²) >= 11 is 5.81. The smallest absolute Gasteiger partial charge is 0.319 e. The summed E-state index contributed by atoms with van der Waals surface area (Å²) in [6.07, 6.45) is 0. The van der Waals surface area contributed by atoms with Crippen LogP contribution < -0.4 is 5.32 Å². The lowest BCUT2D eigenvalue weighted by Gasteiger charge is -2.22. The summed E-state index contributed by atoms with van der Waals surface area (Å²) in [5, 5.41) is 5.11. The first-order valence-electron chi connectivity index (χ1n) is 9.32. The number of imide groups is 1. The zero-order valence-corrected chi connectivity index (χ0v) is 17.7. The highest BCUT2D eigenvalue weighted by molar-refractivity contribution is 7.91. The molecule has 0 aromatic heterocycles. The van der Waals surface area contributed by atoms with Gasteiger partial charge in [0.05, 0.1) is 10.6 Å². The Kier molecular flexibility index (Phi) is 5.03. The van der Waals surface area contributed by atoms with Crippen LogP contribution in [0.5, 0.6) is 0 Å². The van der Waals surface area contributed by atoms with Crippen molar-refractivity contribution in [1.82, 2.24) is 10.2 Å². The van der Waals surface area contributed by atoms with Gasteiger partial charge in [0.15, 0.2) is 9.84 Å². The van der Waals surface area contributed by atoms with Crippen LogP contribution in [0.25, 0.3) is 10.8 Å². The van der Waals surface area contributed by atoms with E-state index >= 15 is 0 Å². The summed E-state index contributed by atoms with van der Waals surface area (Å²) < 4.78 is 25.2. The Hall–Kier alpha value is -2.90. The van der Waals surface area contributed by atoms with E-state index in [-0.39, 0.29) is 17.2 Å². The van der Waals surface area contributed by atoms with Gasteiger partial charge in [-0.15, -0.1) is 0 Å². The summed E-state index contributed by atoms with van der Waals surface area (Å²) in [7, 11) is -3.67. The largest absolute Gasteiger partial charge is 0.325 e. The maximum Gasteiger partial charge on any atom is 0.325 e. The molecular formula is C22H19ClN2O4S. The van der Waals surface area contributed by atoms with Crippen LogP contribution in [-0.4, -0.2) is 37.6 Å². The number of sulfone groups is 1. The van der Waals surface area contributed by atoms with Crippen molar-refractivity contribution in [2.45, 2.75) is 17.4 Å². The second kappa shape index (κ2) is 7.41. The highest BCUT2D eigenvalue weighted by Gasteiger charge is 2.49. The van der Waals surface area contributed by atoms with E-state index in [2.05, 4.69) is 5.32 Å². The molecule has 30 heavy (non-hydrogen) atoms. The molecule has 1 unspecified atom stereocenters. The molecule has 0 radical (unpaired) electrons. The summed E-state index contributed by atoms with van der Waals surface area (Å²) in [5.41, 5.74) is -0.617. The number of carbonyl (C=O) groups excluding carboxylic acids is 2. The predicted octanol–water partition coefficient (Wildman–Crippen LogP) is 3.73. The summed E-state index contributed by atoms with van der Waals surface area (Å²) in [6.45, 7) is 1.39. The number of nitrogens with zero attached hydrogens (tertiary/aromatic N) is 1. The van der Waals surface area contributed by atoms with E-state index in [1.165, 1.54) is 24.3 Å². The van der Waals surface area contributed by atoms with Gasteiger partial charge in [-0.3, -0.25) is 9.69 Å². The van der Waals surface area contributed by atoms with Gasteiger partial charge in [-0.2, -0.15) is 0 Å². The molecule has 1 saturated heterocycles. The zero-order chi connectivity index (χ0) is 21.5. The SMILES string of the molecule is CC1(c2ccc3ccccc3c2)NC(=O)N(CCS(=O)(=O)c2ccc(Cl)cc2)C1=O. The van der Waals surface area contributed by atoms with E-state index in [1.807, 2.05) is 36.4 Å². The highest BCUT2D eigenvalue weighted by atomic mass is 35.5. The van der Waals surface area contributed by atoms with Crippen LogP contribution in [0.2, 0.25) is 5.02 Å². The Morgan fingerprint density at radius 2 is 1.63 bits per heavy atom. The van der Waals surface area contributed by atoms with E-state index in [4.69, 9.17) is 11.6 Å². The summed E-state index contributed by atoms with van der Waals surface area (Å²) in [6, 6.07) is 18.4. The normalized spacial score (nSPS) is 19.3. The third-order valence-corrected chi connectivity index (χ3v) is 7.32. The molecule has 0 aliphatic carbocycles. The van der Waals surface area contributed by atoms with E-state index in [9.17, 15) is 18.0 Å². The Morgan fingerprint density at radius 1 is 0.967 bits per heavy atom. The molecule has 1 aliphatic rings. The van der Waals surface area contributed by atoms with E-state index < -0.39 is 27.3 Å². The van der Waals surface area contributed by atoms with Gasteiger partial charge in [-0.05, 0) is 53.6 Å². The Labute approximate surface area is 179 Å². The number of urea groups is 1. The van der Waals surface area contributed by atoms with Crippen molar-refractivity contribution in [2.75, 3.05) is 12.3 Å². The van der Waals surface area contributed by atoms with Gasteiger partial charge in [0, 0.05) is 11.6 Å². The van der Waals surface area contributed by atoms with Crippen LogP contribution in [0.15, 0.2) is 71.6 Å². The topological polar surface area (TPSA) is 83.6 Å². The molecule has 0 bridgehead atoms. The minimum atomic E-state index is -3.67. The first kappa shape index (κ1) is 20.4. The molecule has 1 N–H and O–H groups in total. The molecule has 0 saturated carbocycles. The van der Waals surface area contributed by atoms with Gasteiger partial charge >= 0.3 is 6.03 Å². The highest BCUT2D eigenvalue weighted by Crippen LogP contribution is 2.31. The molecular weight excluding hydrogens is 424 g/mol. The third-order valence-electron chi connectivity index (χ3n) is 5.36. The van der Waals surface area contributed by atoms with Crippen molar-refractivity contribution in [2.24, 2.45) is 0 Å². The minimum Gasteiger partial charge on any atom is -0.319 e. The van der Waals surface area contributed by atoms with Crippen LogP contribution in [0.4, 0.5) is 4.79 Å². The standard InChI is InChI=1S/C22H19ClN2O4S/c1-22(17-7-6-15-4-2-3-5-16(15)14-17)20(26)25(21(27)24-22)12-13-30(28,29)19-10-8-18(23)9-11-19/h2-11,14H,12-13H2,1H3,(H,24,27). The predicted molar refractivity (Wildman–Crippen MR) is 115 cm³/mol. The van der Waals surface area contributed by atoms with Crippen molar-refractivity contribution < 1.29 is 18.0 Å². The first-order chi connectivity index (χ1) is 14.2.